The van der Waals surface area contributed by atoms with Gasteiger partial charge < -0.3 is 14.2 Å². The number of benzene rings is 2. The third-order valence-electron chi connectivity index (χ3n) is 7.16. The molecule has 2 aromatic rings. The summed E-state index contributed by atoms with van der Waals surface area (Å²) < 4.78 is 17.3. The van der Waals surface area contributed by atoms with Crippen molar-refractivity contribution in [1.82, 2.24) is 4.90 Å². The van der Waals surface area contributed by atoms with Gasteiger partial charge in [0.25, 0.3) is 0 Å². The molecular formula is C30H38ClNO5. The molecule has 0 aromatic heterocycles. The van der Waals surface area contributed by atoms with Crippen LogP contribution in [0.3, 0.4) is 0 Å². The van der Waals surface area contributed by atoms with Gasteiger partial charge in [0.2, 0.25) is 0 Å². The molecule has 0 bridgehead atoms. The van der Waals surface area contributed by atoms with Crippen LogP contribution < -0.4 is 4.74 Å². The average molecular weight is 528 g/mol. The summed E-state index contributed by atoms with van der Waals surface area (Å²) in [5, 5.41) is 0.720. The zero-order valence-corrected chi connectivity index (χ0v) is 23.3. The molecule has 1 saturated carbocycles. The molecule has 0 saturated heterocycles. The van der Waals surface area contributed by atoms with E-state index in [4.69, 9.17) is 25.8 Å². The Morgan fingerprint density at radius 2 is 1.86 bits per heavy atom. The molecule has 1 amide bonds. The van der Waals surface area contributed by atoms with Gasteiger partial charge in [-0.1, -0.05) is 36.7 Å². The lowest BCUT2D eigenvalue weighted by Crippen LogP contribution is -2.56. The van der Waals surface area contributed by atoms with Crippen LogP contribution in [-0.4, -0.2) is 40.8 Å². The van der Waals surface area contributed by atoms with Gasteiger partial charge in [0.15, 0.2) is 0 Å². The van der Waals surface area contributed by atoms with Gasteiger partial charge in [-0.2, -0.15) is 0 Å². The Morgan fingerprint density at radius 3 is 2.51 bits per heavy atom. The smallest absolute Gasteiger partial charge is 0.411 e. The minimum absolute atomic E-state index is 0.142. The van der Waals surface area contributed by atoms with Crippen molar-refractivity contribution in [2.45, 2.75) is 96.9 Å². The summed E-state index contributed by atoms with van der Waals surface area (Å²) in [4.78, 5) is 28.0. The second-order valence-electron chi connectivity index (χ2n) is 10.9. The lowest BCUT2D eigenvalue weighted by molar-refractivity contribution is -0.152. The van der Waals surface area contributed by atoms with Crippen LogP contribution in [0.25, 0.3) is 0 Å². The number of halogens is 1. The Kier molecular flexibility index (Phi) is 8.08. The summed E-state index contributed by atoms with van der Waals surface area (Å²) in [5.74, 6) is 0.467. The van der Waals surface area contributed by atoms with Gasteiger partial charge in [0.1, 0.15) is 23.5 Å². The number of amides is 1. The molecule has 1 fully saturated rings. The zero-order chi connectivity index (χ0) is 26.8. The molecule has 37 heavy (non-hydrogen) atoms. The number of carbonyl (C=O) groups is 2. The quantitative estimate of drug-likeness (QED) is 0.359. The number of aryl methyl sites for hydroxylation is 2. The number of fused-ring (bicyclic) bond motifs is 1. The summed E-state index contributed by atoms with van der Waals surface area (Å²) in [5.41, 5.74) is 2.99. The Bertz CT molecular complexity index is 1150. The van der Waals surface area contributed by atoms with E-state index in [9.17, 15) is 9.59 Å². The Morgan fingerprint density at radius 1 is 1.11 bits per heavy atom. The van der Waals surface area contributed by atoms with E-state index in [2.05, 4.69) is 25.1 Å². The van der Waals surface area contributed by atoms with Gasteiger partial charge in [-0.3, -0.25) is 4.90 Å². The molecule has 0 aliphatic heterocycles. The predicted molar refractivity (Wildman–Crippen MR) is 144 cm³/mol. The normalized spacial score (nSPS) is 17.9. The topological polar surface area (TPSA) is 65.1 Å². The van der Waals surface area contributed by atoms with E-state index in [0.717, 1.165) is 41.2 Å². The fourth-order valence-electron chi connectivity index (χ4n) is 5.19. The van der Waals surface area contributed by atoms with Crippen molar-refractivity contribution in [3.63, 3.8) is 0 Å². The maximum absolute atomic E-state index is 13.4. The molecule has 4 rings (SSSR count). The van der Waals surface area contributed by atoms with Gasteiger partial charge in [-0.25, -0.2) is 9.59 Å². The minimum Gasteiger partial charge on any atom is -0.489 e. The standard InChI is InChI=1S/C30H38ClNO5/c1-6-20-9-8-10-26(31)25(20)19-36-24-14-12-21-17-23(13-11-22(21)18-24)32(28(34)37-29(3,4)5)30(15-16-30)27(33)35-7-2/h8-10,12,14,18,23H,6-7,11,13,15-17,19H2,1-5H3. The zero-order valence-electron chi connectivity index (χ0n) is 22.6. The largest absolute Gasteiger partial charge is 0.489 e. The molecule has 200 valence electrons. The van der Waals surface area contributed by atoms with Crippen LogP contribution in [0.15, 0.2) is 36.4 Å². The van der Waals surface area contributed by atoms with Gasteiger partial charge in [-0.05, 0) is 101 Å². The first kappa shape index (κ1) is 27.3. The highest BCUT2D eigenvalue weighted by Gasteiger charge is 2.60. The van der Waals surface area contributed by atoms with E-state index in [0.29, 0.717) is 25.9 Å². The third kappa shape index (κ3) is 6.06. The van der Waals surface area contributed by atoms with Crippen LogP contribution in [0.1, 0.15) is 76.1 Å². The van der Waals surface area contributed by atoms with Crippen molar-refractivity contribution in [1.29, 1.82) is 0 Å². The van der Waals surface area contributed by atoms with E-state index in [-0.39, 0.29) is 18.6 Å². The maximum atomic E-state index is 13.4. The van der Waals surface area contributed by atoms with Gasteiger partial charge >= 0.3 is 12.1 Å². The molecule has 1 atom stereocenters. The average Bonchev–Trinajstić information content (AvgIpc) is 3.64. The Hall–Kier alpha value is -2.73. The predicted octanol–water partition coefficient (Wildman–Crippen LogP) is 6.67. The number of hydrogen-bond acceptors (Lipinski definition) is 5. The second kappa shape index (κ2) is 10.9. The first-order chi connectivity index (χ1) is 17.6. The van der Waals surface area contributed by atoms with Crippen LogP contribution in [0, 0.1) is 0 Å². The molecule has 0 spiro atoms. The molecule has 7 heteroatoms. The highest BCUT2D eigenvalue weighted by Crippen LogP contribution is 2.46. The van der Waals surface area contributed by atoms with Crippen molar-refractivity contribution in [2.75, 3.05) is 6.61 Å². The molecule has 0 radical (unpaired) electrons. The highest BCUT2D eigenvalue weighted by molar-refractivity contribution is 6.31. The van der Waals surface area contributed by atoms with Gasteiger partial charge in [0, 0.05) is 16.6 Å². The molecule has 6 nitrogen and oxygen atoms in total. The van der Waals surface area contributed by atoms with Crippen LogP contribution in [0.2, 0.25) is 5.02 Å². The van der Waals surface area contributed by atoms with Crippen LogP contribution in [-0.2, 0) is 40.1 Å². The van der Waals surface area contributed by atoms with Crippen LogP contribution in [0.5, 0.6) is 5.75 Å². The summed E-state index contributed by atoms with van der Waals surface area (Å²) in [6.07, 6.45) is 3.82. The number of ether oxygens (including phenoxy) is 3. The number of carbonyl (C=O) groups excluding carboxylic acids is 2. The molecule has 1 unspecified atom stereocenters. The minimum atomic E-state index is -0.921. The molecule has 0 N–H and O–H groups in total. The van der Waals surface area contributed by atoms with Crippen LogP contribution >= 0.6 is 11.6 Å². The van der Waals surface area contributed by atoms with Crippen molar-refractivity contribution >= 4 is 23.7 Å². The first-order valence-electron chi connectivity index (χ1n) is 13.3. The summed E-state index contributed by atoms with van der Waals surface area (Å²) in [6, 6.07) is 11.9. The monoisotopic (exact) mass is 527 g/mol. The molecule has 2 aliphatic rings. The summed E-state index contributed by atoms with van der Waals surface area (Å²) in [6.45, 7) is 10.1. The van der Waals surface area contributed by atoms with E-state index in [1.54, 1.807) is 11.8 Å². The number of hydrogen-bond donors (Lipinski definition) is 0. The number of rotatable bonds is 8. The van der Waals surface area contributed by atoms with Gasteiger partial charge in [0.05, 0.1) is 6.61 Å². The van der Waals surface area contributed by atoms with Crippen LogP contribution in [0.4, 0.5) is 4.79 Å². The highest BCUT2D eigenvalue weighted by atomic mass is 35.5. The second-order valence-corrected chi connectivity index (χ2v) is 11.4. The van der Waals surface area contributed by atoms with Crippen molar-refractivity contribution in [3.8, 4) is 5.75 Å². The fraction of sp³-hybridized carbons (Fsp3) is 0.533. The lowest BCUT2D eigenvalue weighted by Gasteiger charge is -2.40. The Balaban J connectivity index is 1.52. The molecule has 0 heterocycles. The van der Waals surface area contributed by atoms with Gasteiger partial charge in [-0.15, -0.1) is 0 Å². The summed E-state index contributed by atoms with van der Waals surface area (Å²) in [7, 11) is 0. The fourth-order valence-corrected chi connectivity index (χ4v) is 5.43. The number of esters is 1. The SMILES string of the molecule is CCOC(=O)C1(N(C(=O)OC(C)(C)C)C2CCc3cc(OCc4c(Cl)cccc4CC)ccc3C2)CC1. The number of nitrogens with zero attached hydrogens (tertiary/aromatic N) is 1. The maximum Gasteiger partial charge on any atom is 0.411 e. The molecular weight excluding hydrogens is 490 g/mol. The molecule has 2 aromatic carbocycles. The third-order valence-corrected chi connectivity index (χ3v) is 7.51. The van der Waals surface area contributed by atoms with E-state index < -0.39 is 17.2 Å². The molecule has 2 aliphatic carbocycles. The Labute approximate surface area is 225 Å². The van der Waals surface area contributed by atoms with Crippen molar-refractivity contribution < 1.29 is 23.8 Å². The van der Waals surface area contributed by atoms with E-state index in [1.165, 1.54) is 11.1 Å². The van der Waals surface area contributed by atoms with Crippen molar-refractivity contribution in [2.24, 2.45) is 0 Å². The lowest BCUT2D eigenvalue weighted by atomic mass is 9.86. The van der Waals surface area contributed by atoms with E-state index >= 15 is 0 Å². The van der Waals surface area contributed by atoms with E-state index in [1.807, 2.05) is 39.0 Å². The summed E-state index contributed by atoms with van der Waals surface area (Å²) >= 11 is 6.43. The first-order valence-corrected chi connectivity index (χ1v) is 13.7. The van der Waals surface area contributed by atoms with Crippen molar-refractivity contribution in [3.05, 3.63) is 63.7 Å².